The second kappa shape index (κ2) is 5.80. The van der Waals surface area contributed by atoms with Crippen molar-refractivity contribution in [2.24, 2.45) is 22.9 Å². The number of carbonyl (C=O) groups is 1. The van der Waals surface area contributed by atoms with Crippen molar-refractivity contribution in [2.45, 2.75) is 69.2 Å². The quantitative estimate of drug-likeness (QED) is 0.533. The molecule has 0 amide bonds. The van der Waals surface area contributed by atoms with Crippen LogP contribution in [-0.4, -0.2) is 35.0 Å². The van der Waals surface area contributed by atoms with Gasteiger partial charge in [0.1, 0.15) is 0 Å². The number of oxime groups is 1. The zero-order chi connectivity index (χ0) is 19.9. The van der Waals surface area contributed by atoms with Crippen LogP contribution in [0.4, 0.5) is 0 Å². The summed E-state index contributed by atoms with van der Waals surface area (Å²) in [6.07, 6.45) is 2.92. The van der Waals surface area contributed by atoms with Crippen LogP contribution in [0.25, 0.3) is 0 Å². The van der Waals surface area contributed by atoms with Crippen LogP contribution in [0, 0.1) is 17.8 Å². The Labute approximate surface area is 169 Å². The molecule has 5 fully saturated rings. The van der Waals surface area contributed by atoms with Gasteiger partial charge in [-0.3, -0.25) is 0 Å². The molecular formula is C22H25NO6. The van der Waals surface area contributed by atoms with Crippen LogP contribution in [0.5, 0.6) is 0 Å². The molecule has 0 aromatic heterocycles. The van der Waals surface area contributed by atoms with Crippen LogP contribution in [0.15, 0.2) is 35.5 Å². The van der Waals surface area contributed by atoms with Crippen LogP contribution >= 0.6 is 0 Å². The van der Waals surface area contributed by atoms with Crippen LogP contribution in [0.3, 0.4) is 0 Å². The maximum atomic E-state index is 13.3. The largest absolute Gasteiger partial charge is 0.429 e. The highest BCUT2D eigenvalue weighted by Gasteiger charge is 2.76. The third kappa shape index (κ3) is 2.24. The maximum absolute atomic E-state index is 13.3. The van der Waals surface area contributed by atoms with Gasteiger partial charge in [0.2, 0.25) is 17.7 Å². The first kappa shape index (κ1) is 17.9. The topological polar surface area (TPSA) is 75.6 Å². The van der Waals surface area contributed by atoms with Gasteiger partial charge in [0.25, 0.3) is 0 Å². The Hall–Kier alpha value is -1.96. The van der Waals surface area contributed by atoms with E-state index in [1.165, 1.54) is 0 Å². The number of hydrogen-bond donors (Lipinski definition) is 0. The highest BCUT2D eigenvalue weighted by atomic mass is 17.3. The minimum atomic E-state index is -1.20. The second-order valence-electron chi connectivity index (χ2n) is 9.32. The van der Waals surface area contributed by atoms with Gasteiger partial charge in [-0.25, -0.2) is 14.6 Å². The number of benzene rings is 1. The molecule has 0 unspecified atom stereocenters. The minimum Gasteiger partial charge on any atom is -0.429 e. The second-order valence-corrected chi connectivity index (χ2v) is 9.32. The van der Waals surface area contributed by atoms with E-state index in [4.69, 9.17) is 24.1 Å². The zero-order valence-corrected chi connectivity index (χ0v) is 16.6. The Morgan fingerprint density at radius 1 is 1.10 bits per heavy atom. The SMILES string of the molecule is C[C@@H]1CC[C@@H]2[C@]34OO[C@](C)(CC[C@@H]13)O[C@H]4OC(=O)[C@@]21CC(c2ccccc2)=NO1. The molecule has 154 valence electrons. The third-order valence-corrected chi connectivity index (χ3v) is 7.70. The van der Waals surface area contributed by atoms with Gasteiger partial charge in [-0.1, -0.05) is 42.4 Å². The van der Waals surface area contributed by atoms with Gasteiger partial charge in [0, 0.05) is 18.8 Å². The highest BCUT2D eigenvalue weighted by molar-refractivity contribution is 6.05. The molecule has 1 aromatic carbocycles. The Kier molecular flexibility index (Phi) is 3.57. The number of hydrogen-bond acceptors (Lipinski definition) is 7. The Morgan fingerprint density at radius 3 is 2.76 bits per heavy atom. The standard InChI is InChI=1S/C22H25NO6/c1-13-8-9-17-21(12-16(23-27-21)14-6-4-3-5-7-14)18(24)25-19-22(17)15(13)10-11-20(2,26-19)28-29-22/h3-7,13,15,17,19H,8-12H2,1-2H3/t13-,15+,17+,19-,20-,21-,22-/m1/s1. The van der Waals surface area contributed by atoms with Gasteiger partial charge in [-0.2, -0.15) is 0 Å². The van der Waals surface area contributed by atoms with Crippen molar-refractivity contribution in [3.63, 3.8) is 0 Å². The smallest absolute Gasteiger partial charge is 0.356 e. The molecule has 7 atom stereocenters. The lowest BCUT2D eigenvalue weighted by molar-refractivity contribution is -0.563. The summed E-state index contributed by atoms with van der Waals surface area (Å²) in [5.74, 6) is -1.00. The highest BCUT2D eigenvalue weighted by Crippen LogP contribution is 2.62. The molecule has 6 aliphatic rings. The number of esters is 1. The summed E-state index contributed by atoms with van der Waals surface area (Å²) in [6.45, 7) is 4.08. The number of fused-ring (bicyclic) bond motifs is 3. The van der Waals surface area contributed by atoms with E-state index in [1.54, 1.807) is 0 Å². The molecule has 29 heavy (non-hydrogen) atoms. The molecule has 1 saturated carbocycles. The minimum absolute atomic E-state index is 0.157. The maximum Gasteiger partial charge on any atom is 0.356 e. The van der Waals surface area contributed by atoms with E-state index in [0.29, 0.717) is 18.8 Å². The summed E-state index contributed by atoms with van der Waals surface area (Å²) >= 11 is 0. The van der Waals surface area contributed by atoms with Crippen molar-refractivity contribution < 1.29 is 28.9 Å². The van der Waals surface area contributed by atoms with Crippen LogP contribution in [0.2, 0.25) is 0 Å². The van der Waals surface area contributed by atoms with Crippen molar-refractivity contribution in [1.29, 1.82) is 0 Å². The van der Waals surface area contributed by atoms with Crippen molar-refractivity contribution in [3.8, 4) is 0 Å². The summed E-state index contributed by atoms with van der Waals surface area (Å²) in [5, 5.41) is 4.33. The van der Waals surface area contributed by atoms with Crippen molar-refractivity contribution >= 4 is 11.7 Å². The molecule has 5 aliphatic heterocycles. The van der Waals surface area contributed by atoms with E-state index in [2.05, 4.69) is 12.1 Å². The van der Waals surface area contributed by atoms with Gasteiger partial charge in [0.15, 0.2) is 5.60 Å². The molecule has 2 spiro atoms. The Balaban J connectivity index is 1.43. The fourth-order valence-electron chi connectivity index (χ4n) is 6.17. The normalized spacial score (nSPS) is 47.8. The molecular weight excluding hydrogens is 374 g/mol. The first-order valence-electron chi connectivity index (χ1n) is 10.5. The van der Waals surface area contributed by atoms with Crippen molar-refractivity contribution in [1.82, 2.24) is 0 Å². The molecule has 1 aliphatic carbocycles. The molecule has 7 nitrogen and oxygen atoms in total. The van der Waals surface area contributed by atoms with Crippen LogP contribution in [0.1, 0.15) is 51.5 Å². The molecule has 0 radical (unpaired) electrons. The Bertz CT molecular complexity index is 889. The van der Waals surface area contributed by atoms with Crippen molar-refractivity contribution in [2.75, 3.05) is 0 Å². The van der Waals surface area contributed by atoms with E-state index in [0.717, 1.165) is 30.5 Å². The van der Waals surface area contributed by atoms with E-state index in [9.17, 15) is 4.79 Å². The number of nitrogens with zero attached hydrogens (tertiary/aromatic N) is 1. The van der Waals surface area contributed by atoms with Gasteiger partial charge in [-0.05, 0) is 37.7 Å². The summed E-state index contributed by atoms with van der Waals surface area (Å²) < 4.78 is 12.1. The lowest BCUT2D eigenvalue weighted by atomic mass is 9.56. The summed E-state index contributed by atoms with van der Waals surface area (Å²) in [7, 11) is 0. The fraction of sp³-hybridized carbons (Fsp3) is 0.636. The molecule has 1 aromatic rings. The lowest BCUT2D eigenvalue weighted by Crippen LogP contribution is -2.75. The van der Waals surface area contributed by atoms with Crippen molar-refractivity contribution in [3.05, 3.63) is 35.9 Å². The molecule has 7 rings (SSSR count). The van der Waals surface area contributed by atoms with Crippen LogP contribution < -0.4 is 0 Å². The summed E-state index contributed by atoms with van der Waals surface area (Å²) in [6, 6.07) is 9.81. The zero-order valence-electron chi connectivity index (χ0n) is 16.6. The summed E-state index contributed by atoms with van der Waals surface area (Å²) in [4.78, 5) is 31.2. The first-order valence-corrected chi connectivity index (χ1v) is 10.5. The van der Waals surface area contributed by atoms with E-state index < -0.39 is 29.2 Å². The third-order valence-electron chi connectivity index (χ3n) is 7.70. The van der Waals surface area contributed by atoms with E-state index in [-0.39, 0.29) is 11.8 Å². The Morgan fingerprint density at radius 2 is 1.93 bits per heavy atom. The number of rotatable bonds is 1. The fourth-order valence-corrected chi connectivity index (χ4v) is 6.17. The lowest BCUT2D eigenvalue weighted by Gasteiger charge is -2.59. The van der Waals surface area contributed by atoms with Gasteiger partial charge < -0.3 is 14.3 Å². The van der Waals surface area contributed by atoms with Crippen LogP contribution in [-0.2, 0) is 28.9 Å². The van der Waals surface area contributed by atoms with Gasteiger partial charge in [-0.15, -0.1) is 0 Å². The average molecular weight is 399 g/mol. The van der Waals surface area contributed by atoms with Gasteiger partial charge in [0.05, 0.1) is 11.6 Å². The summed E-state index contributed by atoms with van der Waals surface area (Å²) in [5.41, 5.74) is -0.375. The predicted octanol–water partition coefficient (Wildman–Crippen LogP) is 3.32. The first-order chi connectivity index (χ1) is 14.0. The molecule has 5 heterocycles. The van der Waals surface area contributed by atoms with Gasteiger partial charge >= 0.3 is 5.97 Å². The predicted molar refractivity (Wildman–Crippen MR) is 100 cm³/mol. The monoisotopic (exact) mass is 399 g/mol. The molecule has 7 heteroatoms. The van der Waals surface area contributed by atoms with E-state index in [1.807, 2.05) is 37.3 Å². The average Bonchev–Trinajstić information content (AvgIpc) is 3.04. The van der Waals surface area contributed by atoms with E-state index >= 15 is 0 Å². The molecule has 2 bridgehead atoms. The molecule has 0 N–H and O–H groups in total. The number of ether oxygens (including phenoxy) is 2. The molecule has 4 saturated heterocycles. The number of carbonyl (C=O) groups excluding carboxylic acids is 1.